The molecule has 1 aliphatic carbocycles. The number of benzene rings is 2. The van der Waals surface area contributed by atoms with E-state index in [2.05, 4.69) is 31.9 Å². The minimum atomic E-state index is -2.05. The van der Waals surface area contributed by atoms with Gasteiger partial charge in [-0.3, -0.25) is 48.1 Å². The number of carbonyl (C=O) groups is 9. The number of aryl methyl sites for hydroxylation is 1. The number of carbonyl (C=O) groups excluding carboxylic acids is 9. The first-order valence-corrected chi connectivity index (χ1v) is 25.8. The molecular formula is C55H62FN9O12. The minimum absolute atomic E-state index is 0.0426. The summed E-state index contributed by atoms with van der Waals surface area (Å²) in [6.07, 6.45) is 5.11. The van der Waals surface area contributed by atoms with Gasteiger partial charge in [-0.15, -0.1) is 0 Å². The highest BCUT2D eigenvalue weighted by molar-refractivity contribution is 6.12. The molecular weight excluding hydrogens is 998 g/mol. The first-order valence-electron chi connectivity index (χ1n) is 25.8. The van der Waals surface area contributed by atoms with E-state index in [0.717, 1.165) is 10.5 Å². The van der Waals surface area contributed by atoms with Crippen LogP contribution in [0, 0.1) is 18.2 Å². The van der Waals surface area contributed by atoms with Crippen LogP contribution in [-0.4, -0.2) is 112 Å². The van der Waals surface area contributed by atoms with Crippen molar-refractivity contribution in [3.05, 3.63) is 110 Å². The van der Waals surface area contributed by atoms with Gasteiger partial charge in [-0.1, -0.05) is 57.5 Å². The van der Waals surface area contributed by atoms with Gasteiger partial charge in [-0.05, 0) is 73.8 Å². The predicted molar refractivity (Wildman–Crippen MR) is 275 cm³/mol. The Bertz CT molecular complexity index is 3170. The lowest BCUT2D eigenvalue weighted by Crippen LogP contribution is -2.52. The minimum Gasteiger partial charge on any atom is -0.458 e. The zero-order valence-corrected chi connectivity index (χ0v) is 43.3. The van der Waals surface area contributed by atoms with Gasteiger partial charge in [0.2, 0.25) is 35.4 Å². The smallest absolute Gasteiger partial charge is 0.343 e. The summed E-state index contributed by atoms with van der Waals surface area (Å²) in [5, 5.41) is 28.1. The van der Waals surface area contributed by atoms with Crippen LogP contribution in [0.2, 0.25) is 0 Å². The fraction of sp³-hybridized carbons (Fsp3) is 0.436. The number of hydrogen-bond acceptors (Lipinski definition) is 13. The molecule has 3 aliphatic heterocycles. The molecule has 22 heteroatoms. The molecule has 0 bridgehead atoms. The van der Waals surface area contributed by atoms with Crippen molar-refractivity contribution in [3.63, 3.8) is 0 Å². The Morgan fingerprint density at radius 2 is 1.56 bits per heavy atom. The number of cyclic esters (lactones) is 1. The number of esters is 1. The number of amides is 8. The number of pyridine rings is 2. The summed E-state index contributed by atoms with van der Waals surface area (Å²) in [4.78, 5) is 135. The lowest BCUT2D eigenvalue weighted by Gasteiger charge is -2.33. The zero-order chi connectivity index (χ0) is 55.3. The summed E-state index contributed by atoms with van der Waals surface area (Å²) < 4.78 is 22.2. The number of ether oxygens (including phenoxy) is 1. The van der Waals surface area contributed by atoms with Gasteiger partial charge in [0.25, 0.3) is 17.4 Å². The van der Waals surface area contributed by atoms with Gasteiger partial charge < -0.3 is 46.3 Å². The molecule has 8 rings (SSSR count). The van der Waals surface area contributed by atoms with Gasteiger partial charge in [0.15, 0.2) is 5.60 Å². The number of rotatable bonds is 22. The second-order valence-electron chi connectivity index (χ2n) is 20.4. The summed E-state index contributed by atoms with van der Waals surface area (Å²) in [5.41, 5.74) is 1.05. The van der Waals surface area contributed by atoms with Crippen molar-refractivity contribution >= 4 is 64.1 Å². The maximum atomic E-state index is 15.5. The molecule has 406 valence electrons. The third-order valence-corrected chi connectivity index (χ3v) is 14.8. The van der Waals surface area contributed by atoms with Gasteiger partial charge in [0, 0.05) is 66.1 Å². The fourth-order valence-electron chi connectivity index (χ4n) is 10.2. The number of nitrogens with zero attached hydrogens (tertiary/aromatic N) is 3. The quantitative estimate of drug-likeness (QED) is 0.0296. The van der Waals surface area contributed by atoms with Crippen LogP contribution in [0.3, 0.4) is 0 Å². The number of halogens is 1. The van der Waals surface area contributed by atoms with Crippen LogP contribution < -0.4 is 37.5 Å². The van der Waals surface area contributed by atoms with E-state index >= 15 is 4.39 Å². The largest absolute Gasteiger partial charge is 0.458 e. The second-order valence-corrected chi connectivity index (χ2v) is 20.4. The van der Waals surface area contributed by atoms with Crippen molar-refractivity contribution in [2.45, 2.75) is 116 Å². The van der Waals surface area contributed by atoms with Crippen LogP contribution >= 0.6 is 0 Å². The van der Waals surface area contributed by atoms with Crippen LogP contribution in [0.5, 0.6) is 0 Å². The number of hydrogen-bond donors (Lipinski definition) is 7. The van der Waals surface area contributed by atoms with Crippen LogP contribution in [0.4, 0.5) is 4.39 Å². The molecule has 0 spiro atoms. The summed E-state index contributed by atoms with van der Waals surface area (Å²) in [5.74, 6) is -5.36. The lowest BCUT2D eigenvalue weighted by molar-refractivity contribution is -0.172. The maximum Gasteiger partial charge on any atom is 0.343 e. The van der Waals surface area contributed by atoms with E-state index in [-0.39, 0.29) is 80.8 Å². The van der Waals surface area contributed by atoms with Crippen LogP contribution in [0.15, 0.2) is 59.4 Å². The van der Waals surface area contributed by atoms with Crippen LogP contribution in [-0.2, 0) is 79.5 Å². The molecule has 2 aromatic carbocycles. The first kappa shape index (κ1) is 55.1. The molecule has 1 unspecified atom stereocenters. The molecule has 21 nitrogen and oxygen atoms in total. The number of aliphatic hydroxyl groups is 1. The second kappa shape index (κ2) is 23.0. The number of nitrogens with one attached hydrogen (secondary N) is 6. The highest BCUT2D eigenvalue weighted by Gasteiger charge is 2.46. The lowest BCUT2D eigenvalue weighted by atomic mass is 9.80. The molecule has 0 fully saturated rings. The molecule has 8 amide bonds. The molecule has 7 N–H and O–H groups in total. The highest BCUT2D eigenvalue weighted by atomic mass is 19.1. The van der Waals surface area contributed by atoms with Gasteiger partial charge >= 0.3 is 5.97 Å². The Hall–Kier alpha value is -8.14. The third kappa shape index (κ3) is 11.8. The molecule has 3 atom stereocenters. The zero-order valence-electron chi connectivity index (χ0n) is 43.3. The Morgan fingerprint density at radius 1 is 0.870 bits per heavy atom. The molecule has 4 aromatic rings. The van der Waals surface area contributed by atoms with E-state index in [9.17, 15) is 53.1 Å². The van der Waals surface area contributed by atoms with E-state index < -0.39 is 89.6 Å². The molecule has 2 aromatic heterocycles. The van der Waals surface area contributed by atoms with Crippen molar-refractivity contribution in [2.24, 2.45) is 5.41 Å². The average molecular weight is 1060 g/mol. The van der Waals surface area contributed by atoms with E-state index in [0.29, 0.717) is 76.6 Å². The molecule has 0 saturated heterocycles. The fourth-order valence-corrected chi connectivity index (χ4v) is 10.2. The molecule has 5 heterocycles. The van der Waals surface area contributed by atoms with Crippen molar-refractivity contribution in [2.75, 3.05) is 32.7 Å². The Kier molecular flexibility index (Phi) is 16.5. The van der Waals surface area contributed by atoms with Gasteiger partial charge in [-0.2, -0.15) is 0 Å². The standard InChI is InChI=1S/C55H62FN9O12/c1-5-55(76)35-23-40-49-33(28-65(40)51(73)34(35)29-77-53(55)75)48-37(16-15-32-30(2)36(56)24-38(62-49)47(32)48)63-52(74)54(3,4)19-20-57-42(67)26-60-50(72)39(22-31-12-8-6-9-13-31)61-44(69)27-59-43(68)25-58-41(66)14-10-7-11-21-64-45(70)17-18-46(64)71/h6,8-9,12-13,17-18,23-24,37,39,76H,5,7,10-11,14-16,19-22,25-29H2,1-4H3,(H,57,67)(H,58,66)(H,59,68)(H,60,72)(H,61,69)(H,63,74)/t37-,39?,55-/m0/s1. The number of aromatic nitrogens is 2. The van der Waals surface area contributed by atoms with Crippen molar-refractivity contribution in [1.82, 2.24) is 46.4 Å². The Labute approximate surface area is 442 Å². The average Bonchev–Trinajstić information content (AvgIpc) is 3.95. The SMILES string of the molecule is CC[C@@]1(O)C(=O)OCc2c1cc1n(c2=O)Cc2c-1nc1cc(F)c(C)c3c1c2[C@@H](NC(=O)C(C)(C)CCNC(=O)CNC(=O)C(Cc1ccccc1)NC(=O)CNC(=O)CNC(=O)CCCCCN1C(=O)C=CC1=O)CC3. The normalized spacial score (nSPS) is 17.5. The van der Waals surface area contributed by atoms with Crippen LogP contribution in [0.25, 0.3) is 22.3 Å². The van der Waals surface area contributed by atoms with Crippen molar-refractivity contribution < 1.29 is 57.4 Å². The monoisotopic (exact) mass is 1060 g/mol. The van der Waals surface area contributed by atoms with Crippen molar-refractivity contribution in [3.8, 4) is 11.4 Å². The maximum absolute atomic E-state index is 15.5. The van der Waals surface area contributed by atoms with Gasteiger partial charge in [0.1, 0.15) is 18.5 Å². The van der Waals surface area contributed by atoms with E-state index in [1.807, 2.05) is 0 Å². The highest BCUT2D eigenvalue weighted by Crippen LogP contribution is 2.46. The Balaban J connectivity index is 0.833. The topological polar surface area (TPSA) is 293 Å². The molecule has 0 saturated carbocycles. The summed E-state index contributed by atoms with van der Waals surface area (Å²) in [6.45, 7) is 5.44. The molecule has 4 aliphatic rings. The molecule has 0 radical (unpaired) electrons. The summed E-state index contributed by atoms with van der Waals surface area (Å²) in [6, 6.07) is 10.0. The van der Waals surface area contributed by atoms with Gasteiger partial charge in [0.05, 0.1) is 54.7 Å². The summed E-state index contributed by atoms with van der Waals surface area (Å²) >= 11 is 0. The van der Waals surface area contributed by atoms with E-state index in [1.54, 1.807) is 64.1 Å². The number of fused-ring (bicyclic) bond motifs is 5. The summed E-state index contributed by atoms with van der Waals surface area (Å²) in [7, 11) is 0. The third-order valence-electron chi connectivity index (χ3n) is 14.8. The van der Waals surface area contributed by atoms with Crippen molar-refractivity contribution in [1.29, 1.82) is 0 Å². The number of imide groups is 1. The predicted octanol–water partition coefficient (Wildman–Crippen LogP) is 1.72. The van der Waals surface area contributed by atoms with E-state index in [1.165, 1.54) is 22.8 Å². The van der Waals surface area contributed by atoms with Gasteiger partial charge in [-0.25, -0.2) is 14.2 Å². The number of unbranched alkanes of at least 4 members (excludes halogenated alkanes) is 2. The van der Waals surface area contributed by atoms with E-state index in [4.69, 9.17) is 9.72 Å². The first-order chi connectivity index (χ1) is 36.7. The molecule has 77 heavy (non-hydrogen) atoms. The Morgan fingerprint density at radius 3 is 2.29 bits per heavy atom. The van der Waals surface area contributed by atoms with Crippen LogP contribution in [0.1, 0.15) is 111 Å².